The number of hydrazine groups is 1. The molecule has 0 fully saturated rings. The van der Waals surface area contributed by atoms with Crippen molar-refractivity contribution < 1.29 is 0 Å². The lowest BCUT2D eigenvalue weighted by Crippen LogP contribution is -2.08. The molecule has 0 aliphatic rings. The smallest absolute Gasteiger partial charge is 0.0927 e. The van der Waals surface area contributed by atoms with Crippen molar-refractivity contribution in [3.05, 3.63) is 11.4 Å². The van der Waals surface area contributed by atoms with Gasteiger partial charge in [-0.3, -0.25) is 10.5 Å². The second-order valence-electron chi connectivity index (χ2n) is 2.31. The summed E-state index contributed by atoms with van der Waals surface area (Å²) in [6, 6.07) is 0. The number of nitrogens with zero attached hydrogens (tertiary/aromatic N) is 2. The fraction of sp³-hybridized carbons (Fsp3) is 0.500. The van der Waals surface area contributed by atoms with Crippen molar-refractivity contribution in [1.29, 1.82) is 0 Å². The van der Waals surface area contributed by atoms with E-state index in [0.29, 0.717) is 0 Å². The number of aromatic nitrogens is 2. The molecule has 10 heavy (non-hydrogen) atoms. The molecule has 0 saturated heterocycles. The van der Waals surface area contributed by atoms with Gasteiger partial charge in [0.1, 0.15) is 0 Å². The maximum absolute atomic E-state index is 5.26. The molecule has 0 spiro atoms. The maximum atomic E-state index is 5.26. The highest BCUT2D eigenvalue weighted by atomic mass is 15.3. The van der Waals surface area contributed by atoms with Gasteiger partial charge in [-0.1, -0.05) is 0 Å². The molecule has 1 aromatic heterocycles. The lowest BCUT2D eigenvalue weighted by Gasteiger charge is -1.97. The van der Waals surface area contributed by atoms with E-state index in [9.17, 15) is 0 Å². The first-order valence-corrected chi connectivity index (χ1v) is 3.13. The van der Waals surface area contributed by atoms with Gasteiger partial charge >= 0.3 is 0 Å². The SMILES string of the molecule is Cc1nn(C)c(C)c1NN. The van der Waals surface area contributed by atoms with Crippen molar-refractivity contribution in [1.82, 2.24) is 9.78 Å². The highest BCUT2D eigenvalue weighted by molar-refractivity contribution is 5.50. The minimum atomic E-state index is 0.919. The molecule has 1 rings (SSSR count). The van der Waals surface area contributed by atoms with Crippen LogP contribution in [0.2, 0.25) is 0 Å². The zero-order valence-corrected chi connectivity index (χ0v) is 6.47. The third-order valence-corrected chi connectivity index (χ3v) is 1.65. The Morgan fingerprint density at radius 3 is 2.30 bits per heavy atom. The normalized spacial score (nSPS) is 10.0. The van der Waals surface area contributed by atoms with Crippen molar-refractivity contribution >= 4 is 5.69 Å². The molecule has 0 aliphatic heterocycles. The number of nitrogens with two attached hydrogens (primary N) is 1. The van der Waals surface area contributed by atoms with Gasteiger partial charge in [-0.25, -0.2) is 0 Å². The van der Waals surface area contributed by atoms with Crippen molar-refractivity contribution in [2.24, 2.45) is 12.9 Å². The Morgan fingerprint density at radius 1 is 1.50 bits per heavy atom. The zero-order valence-electron chi connectivity index (χ0n) is 6.47. The number of nitrogen functional groups attached to an aromatic ring is 1. The number of hydrogen-bond acceptors (Lipinski definition) is 3. The van der Waals surface area contributed by atoms with Gasteiger partial charge in [0, 0.05) is 7.05 Å². The number of aryl methyl sites for hydroxylation is 2. The average molecular weight is 140 g/mol. The molecule has 4 heteroatoms. The lowest BCUT2D eigenvalue weighted by molar-refractivity contribution is 0.731. The van der Waals surface area contributed by atoms with Crippen LogP contribution in [0.15, 0.2) is 0 Å². The van der Waals surface area contributed by atoms with Gasteiger partial charge in [0.2, 0.25) is 0 Å². The van der Waals surface area contributed by atoms with Crippen molar-refractivity contribution in [2.45, 2.75) is 13.8 Å². The fourth-order valence-electron chi connectivity index (χ4n) is 0.982. The van der Waals surface area contributed by atoms with E-state index in [-0.39, 0.29) is 0 Å². The van der Waals surface area contributed by atoms with Crippen molar-refractivity contribution in [3.8, 4) is 0 Å². The summed E-state index contributed by atoms with van der Waals surface area (Å²) in [6.07, 6.45) is 0. The molecule has 0 amide bonds. The molecular weight excluding hydrogens is 128 g/mol. The summed E-state index contributed by atoms with van der Waals surface area (Å²) in [7, 11) is 1.89. The number of hydrogen-bond donors (Lipinski definition) is 2. The Labute approximate surface area is 60.0 Å². The molecule has 56 valence electrons. The Balaban J connectivity index is 3.20. The minimum Gasteiger partial charge on any atom is -0.321 e. The van der Waals surface area contributed by atoms with Crippen molar-refractivity contribution in [3.63, 3.8) is 0 Å². The molecular formula is C6H12N4. The Kier molecular flexibility index (Phi) is 1.63. The molecule has 0 bridgehead atoms. The van der Waals surface area contributed by atoms with Crippen LogP contribution in [0.5, 0.6) is 0 Å². The second-order valence-corrected chi connectivity index (χ2v) is 2.31. The standard InChI is InChI=1S/C6H12N4/c1-4-6(8-7)5(2)10(3)9-4/h8H,7H2,1-3H3. The number of nitrogens with one attached hydrogen (secondary N) is 1. The van der Waals surface area contributed by atoms with E-state index in [1.807, 2.05) is 20.9 Å². The van der Waals surface area contributed by atoms with Crippen LogP contribution in [0.25, 0.3) is 0 Å². The minimum absolute atomic E-state index is 0.919. The van der Waals surface area contributed by atoms with Crippen LogP contribution in [0.4, 0.5) is 5.69 Å². The van der Waals surface area contributed by atoms with E-state index in [0.717, 1.165) is 17.1 Å². The molecule has 1 aromatic rings. The highest BCUT2D eigenvalue weighted by Crippen LogP contribution is 2.15. The monoisotopic (exact) mass is 140 g/mol. The first-order chi connectivity index (χ1) is 4.66. The van der Waals surface area contributed by atoms with Gasteiger partial charge in [-0.05, 0) is 13.8 Å². The van der Waals surface area contributed by atoms with E-state index >= 15 is 0 Å². The average Bonchev–Trinajstić information content (AvgIpc) is 2.09. The molecule has 0 atom stereocenters. The second kappa shape index (κ2) is 2.30. The number of anilines is 1. The van der Waals surface area contributed by atoms with Gasteiger partial charge in [-0.2, -0.15) is 5.10 Å². The predicted molar refractivity (Wildman–Crippen MR) is 40.5 cm³/mol. The third kappa shape index (κ3) is 0.863. The van der Waals surface area contributed by atoms with E-state index in [2.05, 4.69) is 10.5 Å². The zero-order chi connectivity index (χ0) is 7.72. The largest absolute Gasteiger partial charge is 0.321 e. The van der Waals surface area contributed by atoms with Crippen LogP contribution in [0, 0.1) is 13.8 Å². The Hall–Kier alpha value is -1.03. The number of rotatable bonds is 1. The van der Waals surface area contributed by atoms with Crippen LogP contribution >= 0.6 is 0 Å². The summed E-state index contributed by atoms with van der Waals surface area (Å²) in [5, 5.41) is 4.16. The highest BCUT2D eigenvalue weighted by Gasteiger charge is 2.05. The molecule has 0 unspecified atom stereocenters. The van der Waals surface area contributed by atoms with E-state index in [1.54, 1.807) is 4.68 Å². The molecule has 0 radical (unpaired) electrons. The molecule has 0 aliphatic carbocycles. The first kappa shape index (κ1) is 7.08. The predicted octanol–water partition coefficient (Wildman–Crippen LogP) is 0.323. The topological polar surface area (TPSA) is 55.9 Å². The van der Waals surface area contributed by atoms with E-state index < -0.39 is 0 Å². The summed E-state index contributed by atoms with van der Waals surface area (Å²) in [4.78, 5) is 0. The van der Waals surface area contributed by atoms with Crippen molar-refractivity contribution in [2.75, 3.05) is 5.43 Å². The van der Waals surface area contributed by atoms with Gasteiger partial charge in [0.05, 0.1) is 17.1 Å². The van der Waals surface area contributed by atoms with Gasteiger partial charge in [0.25, 0.3) is 0 Å². The van der Waals surface area contributed by atoms with Crippen LogP contribution < -0.4 is 11.3 Å². The van der Waals surface area contributed by atoms with Crippen LogP contribution in [0.3, 0.4) is 0 Å². The van der Waals surface area contributed by atoms with E-state index in [4.69, 9.17) is 5.84 Å². The van der Waals surface area contributed by atoms with Crippen LogP contribution in [-0.2, 0) is 7.05 Å². The molecule has 0 aromatic carbocycles. The van der Waals surface area contributed by atoms with Crippen LogP contribution in [-0.4, -0.2) is 9.78 Å². The molecule has 1 heterocycles. The maximum Gasteiger partial charge on any atom is 0.0927 e. The Morgan fingerprint density at radius 2 is 2.10 bits per heavy atom. The first-order valence-electron chi connectivity index (χ1n) is 3.13. The summed E-state index contributed by atoms with van der Waals surface area (Å²) >= 11 is 0. The third-order valence-electron chi connectivity index (χ3n) is 1.65. The van der Waals surface area contributed by atoms with E-state index in [1.165, 1.54) is 0 Å². The summed E-state index contributed by atoms with van der Waals surface area (Å²) in [5.41, 5.74) is 5.51. The van der Waals surface area contributed by atoms with Gasteiger partial charge in [-0.15, -0.1) is 0 Å². The van der Waals surface area contributed by atoms with Crippen LogP contribution in [0.1, 0.15) is 11.4 Å². The molecule has 0 saturated carbocycles. The molecule has 4 nitrogen and oxygen atoms in total. The quantitative estimate of drug-likeness (QED) is 0.436. The summed E-state index contributed by atoms with van der Waals surface area (Å²) in [6.45, 7) is 3.89. The van der Waals surface area contributed by atoms with Gasteiger partial charge in [0.15, 0.2) is 0 Å². The van der Waals surface area contributed by atoms with Gasteiger partial charge < -0.3 is 5.43 Å². The fourth-order valence-corrected chi connectivity index (χ4v) is 0.982. The lowest BCUT2D eigenvalue weighted by atomic mass is 10.3. The molecule has 3 N–H and O–H groups in total. The summed E-state index contributed by atoms with van der Waals surface area (Å²) < 4.78 is 1.80. The summed E-state index contributed by atoms with van der Waals surface area (Å²) in [5.74, 6) is 5.26. The Bertz CT molecular complexity index is 238.